The largest absolute Gasteiger partial charge is 0.449 e. The minimum Gasteiger partial charge on any atom is -0.449 e. The van der Waals surface area contributed by atoms with Gasteiger partial charge in [-0.25, -0.2) is 4.79 Å². The highest BCUT2D eigenvalue weighted by Gasteiger charge is 2.35. The summed E-state index contributed by atoms with van der Waals surface area (Å²) in [5.41, 5.74) is 1.18. The molecule has 0 aromatic heterocycles. The lowest BCUT2D eigenvalue weighted by molar-refractivity contribution is -0.207. The van der Waals surface area contributed by atoms with Crippen LogP contribution in [-0.2, 0) is 25.5 Å². The summed E-state index contributed by atoms with van der Waals surface area (Å²) in [4.78, 5) is 22.9. The van der Waals surface area contributed by atoms with E-state index < -0.39 is 11.8 Å². The molecule has 94 valence electrons. The number of ether oxygens (including phenoxy) is 2. The molecule has 0 saturated carbocycles. The first-order chi connectivity index (χ1) is 8.52. The van der Waals surface area contributed by atoms with Crippen molar-refractivity contribution >= 4 is 12.3 Å². The monoisotopic (exact) mass is 246 g/mol. The van der Waals surface area contributed by atoms with Gasteiger partial charge in [-0.3, -0.25) is 4.79 Å². The molecule has 0 radical (unpaired) electrons. The number of carbonyl (C=O) groups excluding carboxylic acids is 2. The Morgan fingerprint density at radius 2 is 1.83 bits per heavy atom. The van der Waals surface area contributed by atoms with Gasteiger partial charge in [0.25, 0.3) is 0 Å². The van der Waals surface area contributed by atoms with Gasteiger partial charge in [-0.15, -0.1) is 0 Å². The molecule has 0 fully saturated rings. The summed E-state index contributed by atoms with van der Waals surface area (Å²) in [6.07, 6.45) is 0.879. The summed E-state index contributed by atoms with van der Waals surface area (Å²) in [5, 5.41) is 0. The van der Waals surface area contributed by atoms with E-state index in [0.717, 1.165) is 5.56 Å². The average molecular weight is 246 g/mol. The molecule has 4 heteroatoms. The molecule has 2 rings (SSSR count). The Labute approximate surface area is 105 Å². The Morgan fingerprint density at radius 1 is 1.17 bits per heavy atom. The molecule has 1 aliphatic heterocycles. The second-order valence-corrected chi connectivity index (χ2v) is 4.51. The Balaban J connectivity index is 2.32. The van der Waals surface area contributed by atoms with Gasteiger partial charge in [-0.05, 0) is 5.56 Å². The van der Waals surface area contributed by atoms with Gasteiger partial charge in [0, 0.05) is 20.3 Å². The van der Waals surface area contributed by atoms with Crippen LogP contribution in [0.3, 0.4) is 0 Å². The molecule has 18 heavy (non-hydrogen) atoms. The summed E-state index contributed by atoms with van der Waals surface area (Å²) in [5.74, 6) is -1.54. The zero-order valence-corrected chi connectivity index (χ0v) is 10.3. The van der Waals surface area contributed by atoms with E-state index in [1.165, 1.54) is 0 Å². The quantitative estimate of drug-likeness (QED) is 0.604. The molecule has 0 spiro atoms. The average Bonchev–Trinajstić information content (AvgIpc) is 2.33. The molecule has 0 N–H and O–H groups in total. The molecule has 0 atom stereocenters. The van der Waals surface area contributed by atoms with E-state index in [2.05, 4.69) is 0 Å². The summed E-state index contributed by atoms with van der Waals surface area (Å²) < 4.78 is 10.5. The normalized spacial score (nSPS) is 18.0. The van der Waals surface area contributed by atoms with E-state index in [0.29, 0.717) is 12.7 Å². The summed E-state index contributed by atoms with van der Waals surface area (Å²) in [6.45, 7) is 3.18. The SMILES string of the molecule is CC1(C)OC(=O)C(Cc2ccccc2)=C(C=O)O1. The highest BCUT2D eigenvalue weighted by molar-refractivity contribution is 5.95. The van der Waals surface area contributed by atoms with E-state index in [-0.39, 0.29) is 11.3 Å². The summed E-state index contributed by atoms with van der Waals surface area (Å²) in [7, 11) is 0. The van der Waals surface area contributed by atoms with Crippen molar-refractivity contribution < 1.29 is 19.1 Å². The van der Waals surface area contributed by atoms with Crippen LogP contribution in [0.4, 0.5) is 0 Å². The number of esters is 1. The molecule has 4 nitrogen and oxygen atoms in total. The van der Waals surface area contributed by atoms with Gasteiger partial charge in [0.2, 0.25) is 5.79 Å². The summed E-state index contributed by atoms with van der Waals surface area (Å²) in [6, 6.07) is 9.38. The van der Waals surface area contributed by atoms with Gasteiger partial charge in [-0.1, -0.05) is 30.3 Å². The second kappa shape index (κ2) is 4.64. The van der Waals surface area contributed by atoms with Crippen molar-refractivity contribution in [2.45, 2.75) is 26.1 Å². The number of cyclic esters (lactones) is 1. The number of allylic oxidation sites excluding steroid dienone is 1. The number of hydrogen-bond donors (Lipinski definition) is 0. The van der Waals surface area contributed by atoms with Crippen molar-refractivity contribution in [3.8, 4) is 0 Å². The third-order valence-corrected chi connectivity index (χ3v) is 2.57. The first kappa shape index (κ1) is 12.4. The number of benzene rings is 1. The predicted molar refractivity (Wildman–Crippen MR) is 64.5 cm³/mol. The number of aldehydes is 1. The van der Waals surface area contributed by atoms with Crippen LogP contribution >= 0.6 is 0 Å². The van der Waals surface area contributed by atoms with Crippen LogP contribution in [0.5, 0.6) is 0 Å². The lowest BCUT2D eigenvalue weighted by Crippen LogP contribution is -2.37. The van der Waals surface area contributed by atoms with Gasteiger partial charge in [-0.2, -0.15) is 0 Å². The highest BCUT2D eigenvalue weighted by Crippen LogP contribution is 2.27. The van der Waals surface area contributed by atoms with Gasteiger partial charge in [0.05, 0.1) is 5.57 Å². The van der Waals surface area contributed by atoms with Crippen LogP contribution in [0.1, 0.15) is 19.4 Å². The van der Waals surface area contributed by atoms with Crippen molar-refractivity contribution in [3.05, 3.63) is 47.2 Å². The lowest BCUT2D eigenvalue weighted by atomic mass is 10.0. The molecule has 0 amide bonds. The zero-order chi connectivity index (χ0) is 13.2. The van der Waals surface area contributed by atoms with Crippen LogP contribution in [0.25, 0.3) is 0 Å². The van der Waals surface area contributed by atoms with E-state index in [9.17, 15) is 9.59 Å². The Bertz CT molecular complexity index is 500. The first-order valence-electron chi connectivity index (χ1n) is 5.66. The molecule has 0 unspecified atom stereocenters. The Hall–Kier alpha value is -2.10. The fraction of sp³-hybridized carbons (Fsp3) is 0.286. The van der Waals surface area contributed by atoms with E-state index in [1.807, 2.05) is 30.3 Å². The minimum atomic E-state index is -1.09. The van der Waals surface area contributed by atoms with Crippen LogP contribution in [0, 0.1) is 0 Å². The number of rotatable bonds is 3. The van der Waals surface area contributed by atoms with Gasteiger partial charge >= 0.3 is 5.97 Å². The maximum Gasteiger partial charge on any atom is 0.341 e. The Morgan fingerprint density at radius 3 is 2.44 bits per heavy atom. The molecule has 1 heterocycles. The van der Waals surface area contributed by atoms with Crippen molar-refractivity contribution in [2.24, 2.45) is 0 Å². The molecule has 1 aliphatic rings. The van der Waals surface area contributed by atoms with Crippen molar-refractivity contribution in [2.75, 3.05) is 0 Å². The predicted octanol–water partition coefficient (Wildman–Crippen LogP) is 1.99. The number of hydrogen-bond acceptors (Lipinski definition) is 4. The fourth-order valence-electron chi connectivity index (χ4n) is 1.79. The minimum absolute atomic E-state index is 0.0557. The standard InChI is InChI=1S/C14H14O4/c1-14(2)17-12(9-15)11(13(16)18-14)8-10-6-4-3-5-7-10/h3-7,9H,8H2,1-2H3. The molecule has 0 aliphatic carbocycles. The van der Waals surface area contributed by atoms with E-state index in [1.54, 1.807) is 13.8 Å². The van der Waals surface area contributed by atoms with Crippen LogP contribution in [-0.4, -0.2) is 18.0 Å². The fourth-order valence-corrected chi connectivity index (χ4v) is 1.79. The number of carbonyl (C=O) groups is 2. The molecule has 1 aromatic carbocycles. The Kier molecular flexibility index (Phi) is 3.19. The third-order valence-electron chi connectivity index (χ3n) is 2.57. The van der Waals surface area contributed by atoms with E-state index in [4.69, 9.17) is 9.47 Å². The van der Waals surface area contributed by atoms with Crippen LogP contribution < -0.4 is 0 Å². The van der Waals surface area contributed by atoms with Crippen molar-refractivity contribution in [1.82, 2.24) is 0 Å². The zero-order valence-electron chi connectivity index (χ0n) is 10.3. The topological polar surface area (TPSA) is 52.6 Å². The first-order valence-corrected chi connectivity index (χ1v) is 5.66. The molecule has 1 aromatic rings. The maximum atomic E-state index is 11.9. The van der Waals surface area contributed by atoms with Crippen molar-refractivity contribution in [3.63, 3.8) is 0 Å². The van der Waals surface area contributed by atoms with Gasteiger partial charge in [0.1, 0.15) is 0 Å². The molecule has 0 bridgehead atoms. The second-order valence-electron chi connectivity index (χ2n) is 4.51. The van der Waals surface area contributed by atoms with E-state index >= 15 is 0 Å². The smallest absolute Gasteiger partial charge is 0.341 e. The third kappa shape index (κ3) is 2.59. The van der Waals surface area contributed by atoms with Crippen LogP contribution in [0.15, 0.2) is 41.7 Å². The van der Waals surface area contributed by atoms with Gasteiger partial charge < -0.3 is 9.47 Å². The maximum absolute atomic E-state index is 11.9. The van der Waals surface area contributed by atoms with Crippen LogP contribution in [0.2, 0.25) is 0 Å². The lowest BCUT2D eigenvalue weighted by Gasteiger charge is -2.31. The molecule has 0 saturated heterocycles. The molecular weight excluding hydrogens is 232 g/mol. The van der Waals surface area contributed by atoms with Crippen molar-refractivity contribution in [1.29, 1.82) is 0 Å². The molecular formula is C14H14O4. The van der Waals surface area contributed by atoms with Gasteiger partial charge in [0.15, 0.2) is 12.0 Å². The highest BCUT2D eigenvalue weighted by atomic mass is 16.7. The summed E-state index contributed by atoms with van der Waals surface area (Å²) >= 11 is 0.